The van der Waals surface area contributed by atoms with Gasteiger partial charge in [-0.3, -0.25) is 0 Å². The largest absolute Gasteiger partial charge is 0.399 e. The lowest BCUT2D eigenvalue weighted by Gasteiger charge is -2.11. The third-order valence-corrected chi connectivity index (χ3v) is 2.79. The van der Waals surface area contributed by atoms with E-state index >= 15 is 0 Å². The lowest BCUT2D eigenvalue weighted by atomic mass is 10.0. The molecule has 0 saturated carbocycles. The molecule has 4 N–H and O–H groups in total. The predicted molar refractivity (Wildman–Crippen MR) is 56.9 cm³/mol. The summed E-state index contributed by atoms with van der Waals surface area (Å²) in [5.74, 6) is 0. The molecule has 1 aromatic carbocycles. The maximum absolute atomic E-state index is 9.06. The van der Waals surface area contributed by atoms with Gasteiger partial charge in [0.2, 0.25) is 0 Å². The Morgan fingerprint density at radius 1 is 1.43 bits per heavy atom. The molecule has 1 aromatic rings. The zero-order valence-electron chi connectivity index (χ0n) is 8.16. The molecule has 3 nitrogen and oxygen atoms in total. The maximum atomic E-state index is 9.06. The molecular formula is C11H16N2O. The lowest BCUT2D eigenvalue weighted by Crippen LogP contribution is -2.30. The monoisotopic (exact) mass is 192 g/mol. The van der Waals surface area contributed by atoms with Crippen molar-refractivity contribution in [3.8, 4) is 0 Å². The van der Waals surface area contributed by atoms with Crippen LogP contribution in [0.25, 0.3) is 0 Å². The number of nitrogens with one attached hydrogen (secondary N) is 1. The Morgan fingerprint density at radius 3 is 3.07 bits per heavy atom. The summed E-state index contributed by atoms with van der Waals surface area (Å²) in [5, 5.41) is 12.4. The molecule has 1 unspecified atom stereocenters. The summed E-state index contributed by atoms with van der Waals surface area (Å²) in [7, 11) is 0. The maximum Gasteiger partial charge on any atom is 0.0584 e. The van der Waals surface area contributed by atoms with Gasteiger partial charge in [-0.25, -0.2) is 0 Å². The molecule has 0 amide bonds. The van der Waals surface area contributed by atoms with Gasteiger partial charge < -0.3 is 16.2 Å². The van der Waals surface area contributed by atoms with Crippen LogP contribution in [0.3, 0.4) is 0 Å². The number of rotatable bonds is 1. The van der Waals surface area contributed by atoms with E-state index < -0.39 is 0 Å². The van der Waals surface area contributed by atoms with Crippen LogP contribution in [0.4, 0.5) is 5.69 Å². The Kier molecular flexibility index (Phi) is 2.70. The van der Waals surface area contributed by atoms with E-state index in [2.05, 4.69) is 11.4 Å². The number of hydrogen-bond acceptors (Lipinski definition) is 3. The van der Waals surface area contributed by atoms with Crippen LogP contribution < -0.4 is 11.1 Å². The number of hydrogen-bond donors (Lipinski definition) is 3. The van der Waals surface area contributed by atoms with E-state index in [9.17, 15) is 0 Å². The topological polar surface area (TPSA) is 58.3 Å². The van der Waals surface area contributed by atoms with Crippen LogP contribution in [0.5, 0.6) is 0 Å². The first-order valence-corrected chi connectivity index (χ1v) is 5.01. The Morgan fingerprint density at radius 2 is 2.29 bits per heavy atom. The van der Waals surface area contributed by atoms with Crippen molar-refractivity contribution in [3.63, 3.8) is 0 Å². The highest BCUT2D eigenvalue weighted by molar-refractivity contribution is 5.45. The van der Waals surface area contributed by atoms with Gasteiger partial charge in [-0.1, -0.05) is 6.07 Å². The summed E-state index contributed by atoms with van der Waals surface area (Å²) >= 11 is 0. The minimum Gasteiger partial charge on any atom is -0.399 e. The van der Waals surface area contributed by atoms with E-state index in [-0.39, 0.29) is 12.6 Å². The first-order chi connectivity index (χ1) is 6.79. The first-order valence-electron chi connectivity index (χ1n) is 5.01. The number of nitrogens with two attached hydrogens (primary N) is 1. The third-order valence-electron chi connectivity index (χ3n) is 2.79. The summed E-state index contributed by atoms with van der Waals surface area (Å²) in [5.41, 5.74) is 9.15. The van der Waals surface area contributed by atoms with Crippen LogP contribution in [0.1, 0.15) is 17.5 Å². The Hall–Kier alpha value is -1.06. The van der Waals surface area contributed by atoms with Gasteiger partial charge in [-0.05, 0) is 36.1 Å². The summed E-state index contributed by atoms with van der Waals surface area (Å²) in [4.78, 5) is 0. The molecule has 1 aliphatic rings. The highest BCUT2D eigenvalue weighted by atomic mass is 16.3. The molecule has 0 aliphatic carbocycles. The fourth-order valence-corrected chi connectivity index (χ4v) is 1.90. The Labute approximate surface area is 83.9 Å². The van der Waals surface area contributed by atoms with Gasteiger partial charge in [0, 0.05) is 18.3 Å². The molecule has 0 aromatic heterocycles. The van der Waals surface area contributed by atoms with Crippen molar-refractivity contribution in [1.29, 1.82) is 0 Å². The summed E-state index contributed by atoms with van der Waals surface area (Å²) < 4.78 is 0. The highest BCUT2D eigenvalue weighted by Gasteiger charge is 2.14. The molecule has 0 saturated heterocycles. The summed E-state index contributed by atoms with van der Waals surface area (Å²) in [6.45, 7) is 1.02. The number of anilines is 1. The number of fused-ring (bicyclic) bond motifs is 1. The van der Waals surface area contributed by atoms with Gasteiger partial charge in [0.05, 0.1) is 6.61 Å². The molecule has 1 heterocycles. The van der Waals surface area contributed by atoms with E-state index in [1.54, 1.807) is 0 Å². The second-order valence-electron chi connectivity index (χ2n) is 3.83. The molecule has 2 rings (SSSR count). The molecule has 14 heavy (non-hydrogen) atoms. The van der Waals surface area contributed by atoms with Crippen LogP contribution in [0, 0.1) is 0 Å². The van der Waals surface area contributed by atoms with Crippen molar-refractivity contribution in [2.24, 2.45) is 0 Å². The molecule has 0 spiro atoms. The Bertz CT molecular complexity index is 325. The highest BCUT2D eigenvalue weighted by Crippen LogP contribution is 2.19. The van der Waals surface area contributed by atoms with Crippen molar-refractivity contribution in [3.05, 3.63) is 29.3 Å². The van der Waals surface area contributed by atoms with Gasteiger partial charge >= 0.3 is 0 Å². The van der Waals surface area contributed by atoms with Crippen LogP contribution in [-0.2, 0) is 13.0 Å². The van der Waals surface area contributed by atoms with Gasteiger partial charge in [-0.2, -0.15) is 0 Å². The molecule has 0 radical (unpaired) electrons. The number of aliphatic hydroxyl groups excluding tert-OH is 1. The number of aryl methyl sites for hydroxylation is 1. The van der Waals surface area contributed by atoms with E-state index in [4.69, 9.17) is 10.8 Å². The predicted octanol–water partition coefficient (Wildman–Crippen LogP) is 0.665. The fourth-order valence-electron chi connectivity index (χ4n) is 1.90. The molecule has 0 fully saturated rings. The minimum atomic E-state index is 0.212. The average molecular weight is 192 g/mol. The normalized spacial score (nSPS) is 21.4. The number of nitrogen functional groups attached to an aromatic ring is 1. The van der Waals surface area contributed by atoms with Crippen LogP contribution >= 0.6 is 0 Å². The summed E-state index contributed by atoms with van der Waals surface area (Å²) in [6, 6.07) is 6.27. The van der Waals surface area contributed by atoms with E-state index in [0.717, 1.165) is 25.1 Å². The minimum absolute atomic E-state index is 0.212. The van der Waals surface area contributed by atoms with E-state index in [0.29, 0.717) is 0 Å². The van der Waals surface area contributed by atoms with Crippen molar-refractivity contribution < 1.29 is 5.11 Å². The SMILES string of the molecule is Nc1ccc2c(c1)CNC(CO)CC2. The van der Waals surface area contributed by atoms with Crippen molar-refractivity contribution in [1.82, 2.24) is 5.32 Å². The number of aliphatic hydroxyl groups is 1. The van der Waals surface area contributed by atoms with Gasteiger partial charge in [0.15, 0.2) is 0 Å². The smallest absolute Gasteiger partial charge is 0.0584 e. The van der Waals surface area contributed by atoms with Crippen molar-refractivity contribution >= 4 is 5.69 Å². The molecule has 1 atom stereocenters. The standard InChI is InChI=1S/C11H16N2O/c12-10-3-1-8-2-4-11(7-14)13-6-9(8)5-10/h1,3,5,11,13-14H,2,4,6-7,12H2. The second-order valence-corrected chi connectivity index (χ2v) is 3.83. The van der Waals surface area contributed by atoms with E-state index in [1.165, 1.54) is 11.1 Å². The van der Waals surface area contributed by atoms with Gasteiger partial charge in [0.1, 0.15) is 0 Å². The zero-order chi connectivity index (χ0) is 9.97. The number of benzene rings is 1. The average Bonchev–Trinajstić information content (AvgIpc) is 2.39. The van der Waals surface area contributed by atoms with Gasteiger partial charge in [0.25, 0.3) is 0 Å². The molecule has 3 heteroatoms. The third kappa shape index (κ3) is 1.89. The molecule has 1 aliphatic heterocycles. The van der Waals surface area contributed by atoms with Crippen molar-refractivity contribution in [2.45, 2.75) is 25.4 Å². The summed E-state index contributed by atoms with van der Waals surface area (Å²) in [6.07, 6.45) is 2.02. The van der Waals surface area contributed by atoms with Gasteiger partial charge in [-0.15, -0.1) is 0 Å². The molecular weight excluding hydrogens is 176 g/mol. The quantitative estimate of drug-likeness (QED) is 0.573. The Balaban J connectivity index is 2.21. The lowest BCUT2D eigenvalue weighted by molar-refractivity contribution is 0.237. The zero-order valence-corrected chi connectivity index (χ0v) is 8.16. The van der Waals surface area contributed by atoms with E-state index in [1.807, 2.05) is 12.1 Å². The van der Waals surface area contributed by atoms with Crippen molar-refractivity contribution in [2.75, 3.05) is 12.3 Å². The molecule has 76 valence electrons. The molecule has 0 bridgehead atoms. The van der Waals surface area contributed by atoms with Crippen LogP contribution in [0.2, 0.25) is 0 Å². The first kappa shape index (κ1) is 9.49. The van der Waals surface area contributed by atoms with Crippen LogP contribution in [-0.4, -0.2) is 17.8 Å². The van der Waals surface area contributed by atoms with Crippen LogP contribution in [0.15, 0.2) is 18.2 Å². The second kappa shape index (κ2) is 3.98. The fraction of sp³-hybridized carbons (Fsp3) is 0.455.